The summed E-state index contributed by atoms with van der Waals surface area (Å²) in [6.07, 6.45) is 13.8. The Morgan fingerprint density at radius 2 is 1.27 bits per heavy atom. The number of phosphoric ester groups is 1. The minimum Gasteiger partial charge on any atom is -0.462 e. The van der Waals surface area contributed by atoms with Crippen LogP contribution in [0.4, 0.5) is 0 Å². The maximum Gasteiger partial charge on any atom is 0.469 e. The van der Waals surface area contributed by atoms with E-state index in [2.05, 4.69) is 11.4 Å². The fraction of sp³-hybridized carbons (Fsp3) is 0.905. The molecule has 2 N–H and O–H groups in total. The Balaban J connectivity index is 3.77. The highest BCUT2D eigenvalue weighted by molar-refractivity contribution is 7.46. The number of rotatable bonds is 20. The molecule has 0 bridgehead atoms. The third kappa shape index (κ3) is 20.3. The van der Waals surface area contributed by atoms with Crippen molar-refractivity contribution < 1.29 is 37.9 Å². The van der Waals surface area contributed by atoms with Crippen LogP contribution in [0.15, 0.2) is 0 Å². The lowest BCUT2D eigenvalue weighted by Gasteiger charge is -2.18. The van der Waals surface area contributed by atoms with E-state index >= 15 is 0 Å². The van der Waals surface area contributed by atoms with Crippen LogP contribution in [0.1, 0.15) is 104 Å². The van der Waals surface area contributed by atoms with Crippen molar-refractivity contribution in [3.05, 3.63) is 0 Å². The number of unbranched alkanes of at least 4 members (excludes halogenated alkanes) is 11. The largest absolute Gasteiger partial charge is 0.469 e. The van der Waals surface area contributed by atoms with Gasteiger partial charge in [-0.1, -0.05) is 84.5 Å². The Kier molecular flexibility index (Phi) is 18.2. The Labute approximate surface area is 181 Å². The van der Waals surface area contributed by atoms with Gasteiger partial charge in [0.2, 0.25) is 0 Å². The first-order valence-electron chi connectivity index (χ1n) is 11.3. The topological polar surface area (TPSA) is 119 Å². The number of hydrogen-bond acceptors (Lipinski definition) is 6. The highest BCUT2D eigenvalue weighted by atomic mass is 31.2. The summed E-state index contributed by atoms with van der Waals surface area (Å²) in [5, 5.41) is 0. The summed E-state index contributed by atoms with van der Waals surface area (Å²) in [6, 6.07) is 0. The van der Waals surface area contributed by atoms with E-state index in [1.165, 1.54) is 57.8 Å². The number of carbonyl (C=O) groups is 2. The minimum atomic E-state index is -4.69. The maximum atomic E-state index is 11.8. The van der Waals surface area contributed by atoms with Gasteiger partial charge in [-0.2, -0.15) is 0 Å². The van der Waals surface area contributed by atoms with Gasteiger partial charge in [0.25, 0.3) is 0 Å². The first kappa shape index (κ1) is 29.1. The van der Waals surface area contributed by atoms with Gasteiger partial charge in [-0.05, 0) is 6.42 Å². The summed E-state index contributed by atoms with van der Waals surface area (Å²) in [7, 11) is -4.69. The number of ether oxygens (including phenoxy) is 2. The van der Waals surface area contributed by atoms with Crippen LogP contribution in [0.2, 0.25) is 0 Å². The van der Waals surface area contributed by atoms with Gasteiger partial charge in [0.15, 0.2) is 6.10 Å². The van der Waals surface area contributed by atoms with Crippen molar-refractivity contribution in [2.75, 3.05) is 13.2 Å². The van der Waals surface area contributed by atoms with Crippen molar-refractivity contribution in [1.29, 1.82) is 0 Å². The highest BCUT2D eigenvalue weighted by Gasteiger charge is 2.22. The molecule has 0 heterocycles. The molecule has 0 aromatic rings. The monoisotopic (exact) mass is 452 g/mol. The molecule has 0 aliphatic rings. The first-order chi connectivity index (χ1) is 14.3. The molecule has 9 heteroatoms. The molecule has 0 radical (unpaired) electrons. The minimum absolute atomic E-state index is 0.0964. The second-order valence-corrected chi connectivity index (χ2v) is 8.81. The van der Waals surface area contributed by atoms with E-state index in [9.17, 15) is 14.2 Å². The van der Waals surface area contributed by atoms with Crippen LogP contribution in [0.25, 0.3) is 0 Å². The van der Waals surface area contributed by atoms with Crippen LogP contribution < -0.4 is 0 Å². The second kappa shape index (κ2) is 18.8. The number of phosphoric acid groups is 1. The van der Waals surface area contributed by atoms with Gasteiger partial charge in [-0.25, -0.2) is 4.57 Å². The Bertz CT molecular complexity index is 491. The van der Waals surface area contributed by atoms with Gasteiger partial charge in [0.1, 0.15) is 6.61 Å². The molecular weight excluding hydrogens is 411 g/mol. The molecule has 0 saturated heterocycles. The van der Waals surface area contributed by atoms with E-state index in [4.69, 9.17) is 19.3 Å². The van der Waals surface area contributed by atoms with Crippen LogP contribution in [0.3, 0.4) is 0 Å². The molecule has 0 fully saturated rings. The zero-order chi connectivity index (χ0) is 22.7. The zero-order valence-electron chi connectivity index (χ0n) is 18.7. The number of carbonyl (C=O) groups excluding carboxylic acids is 2. The van der Waals surface area contributed by atoms with Gasteiger partial charge in [0, 0.05) is 12.8 Å². The molecule has 0 aromatic carbocycles. The summed E-state index contributed by atoms with van der Waals surface area (Å²) in [6.45, 7) is 2.99. The lowest BCUT2D eigenvalue weighted by molar-refractivity contribution is -0.160. The van der Waals surface area contributed by atoms with Crippen LogP contribution in [-0.2, 0) is 28.2 Å². The summed E-state index contributed by atoms with van der Waals surface area (Å²) in [5.74, 6) is -0.984. The molecule has 0 spiro atoms. The Hall–Kier alpha value is -0.950. The van der Waals surface area contributed by atoms with Gasteiger partial charge < -0.3 is 19.3 Å². The van der Waals surface area contributed by atoms with Crippen molar-refractivity contribution in [3.8, 4) is 0 Å². The van der Waals surface area contributed by atoms with Crippen molar-refractivity contribution in [2.45, 2.75) is 110 Å². The normalized spacial score (nSPS) is 12.5. The fourth-order valence-electron chi connectivity index (χ4n) is 2.93. The van der Waals surface area contributed by atoms with E-state index in [1.807, 2.05) is 0 Å². The third-order valence-corrected chi connectivity index (χ3v) is 5.17. The molecule has 8 nitrogen and oxygen atoms in total. The zero-order valence-corrected chi connectivity index (χ0v) is 19.6. The molecule has 30 heavy (non-hydrogen) atoms. The van der Waals surface area contributed by atoms with Crippen molar-refractivity contribution in [3.63, 3.8) is 0 Å². The lowest BCUT2D eigenvalue weighted by atomic mass is 10.0. The van der Waals surface area contributed by atoms with Crippen LogP contribution in [-0.4, -0.2) is 41.0 Å². The quantitative estimate of drug-likeness (QED) is 0.150. The van der Waals surface area contributed by atoms with E-state index in [0.717, 1.165) is 19.3 Å². The third-order valence-electron chi connectivity index (χ3n) is 4.68. The summed E-state index contributed by atoms with van der Waals surface area (Å²) in [5.41, 5.74) is 0. The average molecular weight is 453 g/mol. The average Bonchev–Trinajstić information content (AvgIpc) is 2.70. The molecule has 0 aliphatic carbocycles. The van der Waals surface area contributed by atoms with E-state index < -0.39 is 32.5 Å². The van der Waals surface area contributed by atoms with Crippen molar-refractivity contribution >= 4 is 19.8 Å². The smallest absolute Gasteiger partial charge is 0.462 e. The Morgan fingerprint density at radius 1 is 0.767 bits per heavy atom. The predicted octanol–water partition coefficient (Wildman–Crippen LogP) is 5.05. The standard InChI is InChI=1S/C21H41O8P/c1-3-5-6-7-8-9-10-11-12-13-14-15-16-21(23)27-17-19(29-20(22)4-2)18-28-30(24,25)26/h19H,3-18H2,1-2H3,(H2,24,25,26)/t19-/m1/s1. The van der Waals surface area contributed by atoms with Gasteiger partial charge >= 0.3 is 19.8 Å². The van der Waals surface area contributed by atoms with Gasteiger partial charge in [-0.15, -0.1) is 0 Å². The summed E-state index contributed by atoms with van der Waals surface area (Å²) >= 11 is 0. The summed E-state index contributed by atoms with van der Waals surface area (Å²) < 4.78 is 25.2. The fourth-order valence-corrected chi connectivity index (χ4v) is 3.29. The molecule has 0 unspecified atom stereocenters. The van der Waals surface area contributed by atoms with Gasteiger partial charge in [0.05, 0.1) is 6.61 Å². The Morgan fingerprint density at radius 3 is 1.73 bits per heavy atom. The molecular formula is C21H41O8P. The maximum absolute atomic E-state index is 11.8. The second-order valence-electron chi connectivity index (χ2n) is 7.57. The van der Waals surface area contributed by atoms with Crippen molar-refractivity contribution in [2.24, 2.45) is 0 Å². The number of esters is 2. The van der Waals surface area contributed by atoms with Crippen molar-refractivity contribution in [1.82, 2.24) is 0 Å². The summed E-state index contributed by atoms with van der Waals surface area (Å²) in [4.78, 5) is 40.7. The molecule has 0 saturated carbocycles. The SMILES string of the molecule is CCCCCCCCCCCCCCC(=O)OC[C@H](COP(=O)(O)O)OC(=O)CC. The van der Waals surface area contributed by atoms with Crippen LogP contribution >= 0.6 is 7.82 Å². The molecule has 0 aromatic heterocycles. The molecule has 0 rings (SSSR count). The molecule has 0 amide bonds. The predicted molar refractivity (Wildman–Crippen MR) is 115 cm³/mol. The molecule has 178 valence electrons. The van der Waals surface area contributed by atoms with Crippen LogP contribution in [0, 0.1) is 0 Å². The molecule has 0 aliphatic heterocycles. The van der Waals surface area contributed by atoms with E-state index in [1.54, 1.807) is 6.92 Å². The van der Waals surface area contributed by atoms with E-state index in [-0.39, 0.29) is 19.4 Å². The molecule has 1 atom stereocenters. The van der Waals surface area contributed by atoms with Crippen LogP contribution in [0.5, 0.6) is 0 Å². The van der Waals surface area contributed by atoms with Gasteiger partial charge in [-0.3, -0.25) is 14.1 Å². The number of hydrogen-bond donors (Lipinski definition) is 2. The first-order valence-corrected chi connectivity index (χ1v) is 12.9. The van der Waals surface area contributed by atoms with E-state index in [0.29, 0.717) is 0 Å². The lowest BCUT2D eigenvalue weighted by Crippen LogP contribution is -2.29. The highest BCUT2D eigenvalue weighted by Crippen LogP contribution is 2.35.